The third-order valence-electron chi connectivity index (χ3n) is 6.17. The van der Waals surface area contributed by atoms with Crippen LogP contribution < -0.4 is 22.9 Å². The molecule has 8 nitrogen and oxygen atoms in total. The number of anilines is 4. The fourth-order valence-corrected chi connectivity index (χ4v) is 4.00. The highest BCUT2D eigenvalue weighted by molar-refractivity contribution is 5.73. The number of hydrogen-bond donors (Lipinski definition) is 8. The van der Waals surface area contributed by atoms with Crippen molar-refractivity contribution in [2.24, 2.45) is 0 Å². The monoisotopic (exact) mass is 582 g/mol. The van der Waals surface area contributed by atoms with Crippen LogP contribution in [0.4, 0.5) is 49.1 Å². The zero-order valence-electron chi connectivity index (χ0n) is 20.8. The summed E-state index contributed by atoms with van der Waals surface area (Å²) in [4.78, 5) is 0. The van der Waals surface area contributed by atoms with Crippen LogP contribution in [0.5, 0.6) is 23.0 Å². The van der Waals surface area contributed by atoms with Crippen LogP contribution in [-0.2, 0) is 5.41 Å². The van der Waals surface area contributed by atoms with E-state index >= 15 is 0 Å². The molecule has 0 spiro atoms. The maximum atomic E-state index is 13.8. The molecular formula is C27H24F6N4O4. The highest BCUT2D eigenvalue weighted by Gasteiger charge is 2.72. The van der Waals surface area contributed by atoms with Crippen LogP contribution in [0, 0.1) is 0 Å². The van der Waals surface area contributed by atoms with E-state index in [0.717, 1.165) is 11.1 Å². The Morgan fingerprint density at radius 2 is 0.756 bits per heavy atom. The van der Waals surface area contributed by atoms with Gasteiger partial charge in [0.05, 0.1) is 22.7 Å². The molecule has 0 aromatic heterocycles. The normalized spacial score (nSPS) is 12.0. The van der Waals surface area contributed by atoms with Gasteiger partial charge in [0.15, 0.2) is 0 Å². The highest BCUT2D eigenvalue weighted by atomic mass is 19.4. The van der Waals surface area contributed by atoms with Crippen molar-refractivity contribution in [3.63, 3.8) is 0 Å². The van der Waals surface area contributed by atoms with E-state index in [1.807, 2.05) is 0 Å². The zero-order chi connectivity index (χ0) is 30.9. The second-order valence-electron chi connectivity index (χ2n) is 8.84. The molecule has 0 radical (unpaired) electrons. The standard InChI is InChI=1S/C15H12F6N2O2.C12H12N2O2/c16-14(17,18)13(15(19,20)21,7-1-3-11(24)9(22)5-7)8-2-4-12(25)10(23)6-8;13-9-3-1-7(5-11(9)15)8-2-4-10(14)12(16)6-8/h1-6,24-25H,22-23H2;1-6,15-16H,13-14H2. The minimum Gasteiger partial charge on any atom is -0.506 e. The molecule has 0 saturated carbocycles. The van der Waals surface area contributed by atoms with Crippen molar-refractivity contribution in [1.82, 2.24) is 0 Å². The Hall–Kier alpha value is -5.14. The van der Waals surface area contributed by atoms with Gasteiger partial charge in [0, 0.05) is 0 Å². The summed E-state index contributed by atoms with van der Waals surface area (Å²) in [5.41, 5.74) is 15.5. The average molecular weight is 583 g/mol. The summed E-state index contributed by atoms with van der Waals surface area (Å²) in [6.45, 7) is 0. The van der Waals surface area contributed by atoms with E-state index in [4.69, 9.17) is 22.9 Å². The molecule has 0 amide bonds. The number of phenols is 4. The Morgan fingerprint density at radius 1 is 0.415 bits per heavy atom. The molecule has 0 saturated heterocycles. The van der Waals surface area contributed by atoms with Crippen molar-refractivity contribution < 1.29 is 46.8 Å². The van der Waals surface area contributed by atoms with Gasteiger partial charge in [-0.1, -0.05) is 24.3 Å². The number of hydrogen-bond acceptors (Lipinski definition) is 8. The molecule has 4 rings (SSSR count). The maximum Gasteiger partial charge on any atom is 0.411 e. The molecule has 0 fully saturated rings. The lowest BCUT2D eigenvalue weighted by Gasteiger charge is -2.38. The van der Waals surface area contributed by atoms with Gasteiger partial charge in [-0.25, -0.2) is 0 Å². The zero-order valence-corrected chi connectivity index (χ0v) is 20.8. The number of halogens is 6. The summed E-state index contributed by atoms with van der Waals surface area (Å²) in [7, 11) is 0. The summed E-state index contributed by atoms with van der Waals surface area (Å²) in [6.07, 6.45) is -11.6. The van der Waals surface area contributed by atoms with Crippen LogP contribution in [0.15, 0.2) is 72.8 Å². The SMILES string of the molecule is Nc1cc(C(c2ccc(O)c(N)c2)(C(F)(F)F)C(F)(F)F)ccc1O.Nc1ccc(-c2ccc(N)c(O)c2)cc1O. The fraction of sp³-hybridized carbons (Fsp3) is 0.111. The predicted molar refractivity (Wildman–Crippen MR) is 142 cm³/mol. The summed E-state index contributed by atoms with van der Waals surface area (Å²) in [5, 5.41) is 37.6. The molecule has 14 heteroatoms. The molecule has 0 bridgehead atoms. The largest absolute Gasteiger partial charge is 0.506 e. The van der Waals surface area contributed by atoms with Crippen molar-refractivity contribution >= 4 is 22.7 Å². The second kappa shape index (κ2) is 10.8. The Balaban J connectivity index is 0.000000248. The van der Waals surface area contributed by atoms with Gasteiger partial charge in [-0.3, -0.25) is 0 Å². The van der Waals surface area contributed by atoms with Gasteiger partial charge in [-0.05, 0) is 70.8 Å². The van der Waals surface area contributed by atoms with Gasteiger partial charge in [0.1, 0.15) is 23.0 Å². The lowest BCUT2D eigenvalue weighted by Crippen LogP contribution is -2.54. The number of rotatable bonds is 3. The molecule has 218 valence electrons. The van der Waals surface area contributed by atoms with Crippen LogP contribution in [0.3, 0.4) is 0 Å². The summed E-state index contributed by atoms with van der Waals surface area (Å²) < 4.78 is 82.7. The Labute approximate surface area is 228 Å². The molecule has 4 aromatic rings. The van der Waals surface area contributed by atoms with Crippen LogP contribution in [0.1, 0.15) is 11.1 Å². The first kappa shape index (κ1) is 30.4. The van der Waals surface area contributed by atoms with Gasteiger partial charge < -0.3 is 43.4 Å². The first-order chi connectivity index (χ1) is 18.9. The average Bonchev–Trinajstić information content (AvgIpc) is 2.86. The number of aromatic hydroxyl groups is 4. The van der Waals surface area contributed by atoms with E-state index < -0.39 is 51.8 Å². The van der Waals surface area contributed by atoms with Crippen LogP contribution in [-0.4, -0.2) is 32.8 Å². The molecular weight excluding hydrogens is 558 g/mol. The van der Waals surface area contributed by atoms with Gasteiger partial charge in [0.2, 0.25) is 5.41 Å². The van der Waals surface area contributed by atoms with Crippen molar-refractivity contribution in [2.75, 3.05) is 22.9 Å². The maximum absolute atomic E-state index is 13.8. The van der Waals surface area contributed by atoms with E-state index in [-0.39, 0.29) is 11.5 Å². The Morgan fingerprint density at radius 3 is 1.02 bits per heavy atom. The topological polar surface area (TPSA) is 185 Å². The summed E-state index contributed by atoms with van der Waals surface area (Å²) in [5.74, 6) is -1.28. The van der Waals surface area contributed by atoms with E-state index in [1.165, 1.54) is 0 Å². The molecule has 4 aromatic carbocycles. The minimum atomic E-state index is -5.82. The predicted octanol–water partition coefficient (Wildman–Crippen LogP) is 5.60. The quantitative estimate of drug-likeness (QED) is 0.0871. The van der Waals surface area contributed by atoms with Crippen molar-refractivity contribution in [3.8, 4) is 34.1 Å². The molecule has 0 aliphatic carbocycles. The third kappa shape index (κ3) is 5.76. The molecule has 0 atom stereocenters. The van der Waals surface area contributed by atoms with Gasteiger partial charge in [0.25, 0.3) is 0 Å². The van der Waals surface area contributed by atoms with Gasteiger partial charge in [-0.2, -0.15) is 26.3 Å². The van der Waals surface area contributed by atoms with Crippen molar-refractivity contribution in [1.29, 1.82) is 0 Å². The Bertz CT molecular complexity index is 1460. The molecule has 12 N–H and O–H groups in total. The van der Waals surface area contributed by atoms with E-state index in [1.54, 1.807) is 36.4 Å². The molecule has 0 aliphatic rings. The van der Waals surface area contributed by atoms with Crippen molar-refractivity contribution in [3.05, 3.63) is 83.9 Å². The minimum absolute atomic E-state index is 0.0221. The molecule has 0 unspecified atom stereocenters. The number of nitrogen functional groups attached to an aromatic ring is 4. The lowest BCUT2D eigenvalue weighted by atomic mass is 9.72. The van der Waals surface area contributed by atoms with Crippen LogP contribution in [0.25, 0.3) is 11.1 Å². The van der Waals surface area contributed by atoms with Crippen LogP contribution in [0.2, 0.25) is 0 Å². The molecule has 41 heavy (non-hydrogen) atoms. The third-order valence-corrected chi connectivity index (χ3v) is 6.17. The fourth-order valence-electron chi connectivity index (χ4n) is 4.00. The molecule has 0 aliphatic heterocycles. The van der Waals surface area contributed by atoms with Crippen molar-refractivity contribution in [2.45, 2.75) is 17.8 Å². The first-order valence-corrected chi connectivity index (χ1v) is 11.4. The number of nitrogens with two attached hydrogens (primary N) is 4. The van der Waals surface area contributed by atoms with E-state index in [9.17, 15) is 46.8 Å². The van der Waals surface area contributed by atoms with Gasteiger partial charge >= 0.3 is 12.4 Å². The lowest BCUT2D eigenvalue weighted by molar-refractivity contribution is -0.288. The summed E-state index contributed by atoms with van der Waals surface area (Å²) >= 11 is 0. The number of benzene rings is 4. The molecule has 0 heterocycles. The number of alkyl halides is 6. The van der Waals surface area contributed by atoms with Crippen LogP contribution >= 0.6 is 0 Å². The van der Waals surface area contributed by atoms with Gasteiger partial charge in [-0.15, -0.1) is 0 Å². The smallest absolute Gasteiger partial charge is 0.411 e. The Kier molecular flexibility index (Phi) is 8.00. The first-order valence-electron chi connectivity index (χ1n) is 11.4. The summed E-state index contributed by atoms with van der Waals surface area (Å²) in [6, 6.07) is 12.9. The van der Waals surface area contributed by atoms with E-state index in [2.05, 4.69) is 0 Å². The highest BCUT2D eigenvalue weighted by Crippen LogP contribution is 2.57. The second-order valence-corrected chi connectivity index (χ2v) is 8.84. The number of phenolic OH excluding ortho intramolecular Hbond substituents is 4. The van der Waals surface area contributed by atoms with E-state index in [0.29, 0.717) is 47.8 Å².